The first-order chi connectivity index (χ1) is 20.8. The molecule has 8 nitrogen and oxygen atoms in total. The van der Waals surface area contributed by atoms with Gasteiger partial charge in [-0.1, -0.05) is 36.7 Å². The summed E-state index contributed by atoms with van der Waals surface area (Å²) in [6.07, 6.45) is -0.521. The zero-order chi connectivity index (χ0) is 32.3. The Morgan fingerprint density at radius 1 is 1.09 bits per heavy atom. The molecule has 44 heavy (non-hydrogen) atoms. The zero-order valence-electron chi connectivity index (χ0n) is 23.3. The quantitative estimate of drug-likeness (QED) is 0.298. The van der Waals surface area contributed by atoms with Gasteiger partial charge in [-0.05, 0) is 30.7 Å². The molecule has 3 aromatic rings. The lowest BCUT2D eigenvalue weighted by molar-refractivity contribution is -0.133. The Kier molecular flexibility index (Phi) is 9.53. The molecule has 1 fully saturated rings. The molecule has 1 aliphatic carbocycles. The smallest absolute Gasteiger partial charge is 0.252 e. The number of hydrogen-bond acceptors (Lipinski definition) is 5. The van der Waals surface area contributed by atoms with E-state index in [1.807, 2.05) is 0 Å². The third-order valence-electron chi connectivity index (χ3n) is 7.05. The van der Waals surface area contributed by atoms with Crippen molar-refractivity contribution in [2.24, 2.45) is 0 Å². The van der Waals surface area contributed by atoms with Crippen molar-refractivity contribution in [2.45, 2.75) is 57.2 Å². The Morgan fingerprint density at radius 3 is 2.27 bits per heavy atom. The van der Waals surface area contributed by atoms with Crippen LogP contribution in [-0.4, -0.2) is 40.7 Å². The van der Waals surface area contributed by atoms with E-state index >= 15 is 4.39 Å². The van der Waals surface area contributed by atoms with Crippen LogP contribution in [0.4, 0.5) is 33.5 Å². The molecule has 14 heteroatoms. The largest absolute Gasteiger partial charge is 0.351 e. The number of nitrogens with zero attached hydrogens (tertiary/aromatic N) is 4. The summed E-state index contributed by atoms with van der Waals surface area (Å²) in [5, 5.41) is 11.7. The highest BCUT2D eigenvalue weighted by atomic mass is 35.5. The number of amides is 3. The van der Waals surface area contributed by atoms with Gasteiger partial charge < -0.3 is 5.32 Å². The van der Waals surface area contributed by atoms with Crippen LogP contribution in [0.3, 0.4) is 0 Å². The van der Waals surface area contributed by atoms with Crippen molar-refractivity contribution in [1.82, 2.24) is 10.3 Å². The van der Waals surface area contributed by atoms with Gasteiger partial charge in [0.1, 0.15) is 29.8 Å². The van der Waals surface area contributed by atoms with E-state index in [0.29, 0.717) is 15.9 Å². The molecule has 3 amide bonds. The molecular weight excluding hydrogens is 609 g/mol. The molecule has 2 atom stereocenters. The fraction of sp³-hybridized carbons (Fsp3) is 0.300. The predicted octanol–water partition coefficient (Wildman–Crippen LogP) is 5.84. The van der Waals surface area contributed by atoms with Gasteiger partial charge in [0.25, 0.3) is 11.8 Å². The van der Waals surface area contributed by atoms with E-state index in [1.54, 1.807) is 6.07 Å². The first kappa shape index (κ1) is 32.3. The lowest BCUT2D eigenvalue weighted by Crippen LogP contribution is -2.57. The zero-order valence-corrected chi connectivity index (χ0v) is 24.1. The van der Waals surface area contributed by atoms with Crippen molar-refractivity contribution in [3.63, 3.8) is 0 Å². The molecule has 0 aliphatic heterocycles. The fourth-order valence-electron chi connectivity index (χ4n) is 5.05. The highest BCUT2D eigenvalue weighted by Gasteiger charge is 2.48. The minimum atomic E-state index is -3.01. The number of halogens is 6. The van der Waals surface area contributed by atoms with Crippen LogP contribution in [0.1, 0.15) is 50.3 Å². The molecule has 0 radical (unpaired) electrons. The maximum atomic E-state index is 15.3. The molecule has 0 saturated heterocycles. The summed E-state index contributed by atoms with van der Waals surface area (Å²) < 4.78 is 71.7. The second-order valence-corrected chi connectivity index (χ2v) is 10.6. The summed E-state index contributed by atoms with van der Waals surface area (Å²) in [6, 6.07) is 6.05. The van der Waals surface area contributed by atoms with Crippen molar-refractivity contribution in [1.29, 1.82) is 5.26 Å². The molecule has 0 bridgehead atoms. The van der Waals surface area contributed by atoms with Crippen molar-refractivity contribution < 1.29 is 36.3 Å². The molecule has 230 valence electrons. The van der Waals surface area contributed by atoms with Gasteiger partial charge in [0.05, 0.1) is 11.3 Å². The number of benzene rings is 2. The minimum Gasteiger partial charge on any atom is -0.351 e. The summed E-state index contributed by atoms with van der Waals surface area (Å²) in [6.45, 7) is 2.47. The van der Waals surface area contributed by atoms with Gasteiger partial charge in [0.2, 0.25) is 11.8 Å². The van der Waals surface area contributed by atoms with Crippen LogP contribution in [0, 0.1) is 28.8 Å². The van der Waals surface area contributed by atoms with Gasteiger partial charge in [-0.25, -0.2) is 26.9 Å². The normalized spacial score (nSPS) is 15.3. The van der Waals surface area contributed by atoms with Crippen molar-refractivity contribution in [2.75, 3.05) is 9.80 Å². The molecule has 1 aromatic heterocycles. The third-order valence-corrected chi connectivity index (χ3v) is 7.39. The van der Waals surface area contributed by atoms with Crippen LogP contribution in [0.2, 0.25) is 5.02 Å². The number of nitrogens with one attached hydrogen (secondary N) is 1. The maximum absolute atomic E-state index is 15.3. The summed E-state index contributed by atoms with van der Waals surface area (Å²) in [5.74, 6) is -10.1. The molecular formula is C30H25ClF5N5O3. The van der Waals surface area contributed by atoms with Crippen LogP contribution in [0.5, 0.6) is 0 Å². The van der Waals surface area contributed by atoms with Gasteiger partial charge in [-0.2, -0.15) is 5.26 Å². The minimum absolute atomic E-state index is 0.0317. The van der Waals surface area contributed by atoms with E-state index < -0.39 is 89.1 Å². The summed E-state index contributed by atoms with van der Waals surface area (Å²) in [4.78, 5) is 46.5. The number of rotatable bonds is 9. The van der Waals surface area contributed by atoms with Crippen molar-refractivity contribution in [3.8, 4) is 6.07 Å². The number of hydrogen-bond donors (Lipinski definition) is 1. The second kappa shape index (κ2) is 13.0. The number of carbonyl (C=O) groups excluding carboxylic acids is 3. The standard InChI is InChI=1S/C30H25ClF5N5O3/c1-3-24(40(16(2)42)27-25(34)17(15-37)8-9-38-27)29(44)41(21-11-18(32)10-19(33)12-21)26(22-6-4-5-7-23(22)31)28(43)39-20-13-30(35,36)14-20/h4-12,20,24,26H,3,13-14H2,1-2H3,(H,39,43)/t24-,26-/m0/s1. The number of aromatic nitrogens is 1. The van der Waals surface area contributed by atoms with E-state index in [0.717, 1.165) is 31.3 Å². The number of pyridine rings is 1. The Bertz CT molecular complexity index is 1620. The topological polar surface area (TPSA) is 106 Å². The van der Waals surface area contributed by atoms with E-state index in [-0.39, 0.29) is 17.0 Å². The molecule has 0 unspecified atom stereocenters. The Balaban J connectivity index is 1.92. The van der Waals surface area contributed by atoms with Gasteiger partial charge in [-0.3, -0.25) is 24.2 Å². The van der Waals surface area contributed by atoms with Crippen molar-refractivity contribution in [3.05, 3.63) is 88.3 Å². The molecule has 1 aliphatic rings. The fourth-order valence-corrected chi connectivity index (χ4v) is 5.29. The lowest BCUT2D eigenvalue weighted by atomic mass is 9.87. The Labute approximate surface area is 254 Å². The monoisotopic (exact) mass is 633 g/mol. The van der Waals surface area contributed by atoms with E-state index in [2.05, 4.69) is 10.3 Å². The highest BCUT2D eigenvalue weighted by molar-refractivity contribution is 6.31. The average molecular weight is 634 g/mol. The third kappa shape index (κ3) is 6.65. The molecule has 1 N–H and O–H groups in total. The van der Waals surface area contributed by atoms with Crippen LogP contribution in [0.25, 0.3) is 0 Å². The molecule has 1 heterocycles. The summed E-state index contributed by atoms with van der Waals surface area (Å²) in [5.41, 5.74) is -0.985. The molecule has 4 rings (SSSR count). The predicted molar refractivity (Wildman–Crippen MR) is 150 cm³/mol. The SMILES string of the molecule is CC[C@@H](C(=O)N(c1cc(F)cc(F)c1)[C@H](C(=O)NC1CC(F)(F)C1)c1ccccc1Cl)N(C(C)=O)c1nccc(C#N)c1F. The van der Waals surface area contributed by atoms with E-state index in [9.17, 15) is 37.2 Å². The van der Waals surface area contributed by atoms with Gasteiger partial charge in [0, 0.05) is 48.7 Å². The molecule has 1 saturated carbocycles. The Hall–Kier alpha value is -4.57. The van der Waals surface area contributed by atoms with Crippen LogP contribution >= 0.6 is 11.6 Å². The van der Waals surface area contributed by atoms with Gasteiger partial charge in [0.15, 0.2) is 11.6 Å². The lowest BCUT2D eigenvalue weighted by Gasteiger charge is -2.40. The number of anilines is 2. The summed E-state index contributed by atoms with van der Waals surface area (Å²) >= 11 is 6.43. The molecule has 0 spiro atoms. The average Bonchev–Trinajstić information content (AvgIpc) is 2.93. The number of nitriles is 1. The van der Waals surface area contributed by atoms with Gasteiger partial charge in [-0.15, -0.1) is 0 Å². The first-order valence-electron chi connectivity index (χ1n) is 13.3. The maximum Gasteiger partial charge on any atom is 0.252 e. The van der Waals surface area contributed by atoms with E-state index in [1.165, 1.54) is 31.2 Å². The first-order valence-corrected chi connectivity index (χ1v) is 13.7. The number of carbonyl (C=O) groups is 3. The summed E-state index contributed by atoms with van der Waals surface area (Å²) in [7, 11) is 0. The molecule has 2 aromatic carbocycles. The number of alkyl halides is 2. The Morgan fingerprint density at radius 2 is 1.73 bits per heavy atom. The van der Waals surface area contributed by atoms with Crippen LogP contribution in [0.15, 0.2) is 54.7 Å². The van der Waals surface area contributed by atoms with Gasteiger partial charge >= 0.3 is 0 Å². The second-order valence-electron chi connectivity index (χ2n) is 10.2. The van der Waals surface area contributed by atoms with Crippen LogP contribution < -0.4 is 15.1 Å². The highest BCUT2D eigenvalue weighted by Crippen LogP contribution is 2.39. The van der Waals surface area contributed by atoms with E-state index in [4.69, 9.17) is 11.6 Å². The van der Waals surface area contributed by atoms with Crippen molar-refractivity contribution >= 4 is 40.8 Å². The van der Waals surface area contributed by atoms with Crippen LogP contribution in [-0.2, 0) is 14.4 Å².